The van der Waals surface area contributed by atoms with Crippen LogP contribution in [0.2, 0.25) is 0 Å². The maximum absolute atomic E-state index is 11.3. The van der Waals surface area contributed by atoms with Crippen molar-refractivity contribution >= 4 is 5.91 Å². The number of piperidine rings is 1. The third-order valence-corrected chi connectivity index (χ3v) is 2.64. The van der Waals surface area contributed by atoms with Gasteiger partial charge in [-0.3, -0.25) is 4.79 Å². The molecule has 0 aromatic rings. The lowest BCUT2D eigenvalue weighted by molar-refractivity contribution is -0.131. The number of nitrogens with one attached hydrogen (secondary N) is 1. The molecule has 1 heterocycles. The smallest absolute Gasteiger partial charge is 0.222 e. The van der Waals surface area contributed by atoms with Crippen molar-refractivity contribution in [2.24, 2.45) is 0 Å². The van der Waals surface area contributed by atoms with Crippen molar-refractivity contribution in [2.45, 2.75) is 39.2 Å². The number of hydrogen-bond acceptors (Lipinski definition) is 2. The Morgan fingerprint density at radius 2 is 2.00 bits per heavy atom. The van der Waals surface area contributed by atoms with Crippen molar-refractivity contribution < 1.29 is 4.79 Å². The Hall–Kier alpha value is -0.570. The Labute approximate surface area is 80.5 Å². The minimum Gasteiger partial charge on any atom is -0.343 e. The van der Waals surface area contributed by atoms with E-state index in [1.165, 1.54) is 0 Å². The standard InChI is InChI=1S/C10H20N2O/c1-3-10(13)12-7-5-9(6-8-12)11-4-2/h9,11H,3-8H2,1-2H3. The molecule has 3 heteroatoms. The highest BCUT2D eigenvalue weighted by molar-refractivity contribution is 5.75. The minimum atomic E-state index is 0.301. The summed E-state index contributed by atoms with van der Waals surface area (Å²) >= 11 is 0. The van der Waals surface area contributed by atoms with Crippen LogP contribution >= 0.6 is 0 Å². The van der Waals surface area contributed by atoms with Crippen LogP contribution in [0.15, 0.2) is 0 Å². The van der Waals surface area contributed by atoms with Gasteiger partial charge in [-0.05, 0) is 19.4 Å². The molecule has 0 saturated carbocycles. The molecule has 1 amide bonds. The number of hydrogen-bond donors (Lipinski definition) is 1. The molecule has 3 nitrogen and oxygen atoms in total. The van der Waals surface area contributed by atoms with Crippen LogP contribution in [-0.2, 0) is 4.79 Å². The Morgan fingerprint density at radius 1 is 1.38 bits per heavy atom. The fourth-order valence-corrected chi connectivity index (χ4v) is 1.85. The van der Waals surface area contributed by atoms with E-state index in [0.717, 1.165) is 32.5 Å². The number of nitrogens with zero attached hydrogens (tertiary/aromatic N) is 1. The molecular weight excluding hydrogens is 164 g/mol. The average Bonchev–Trinajstić information content (AvgIpc) is 2.18. The molecule has 13 heavy (non-hydrogen) atoms. The molecule has 1 N–H and O–H groups in total. The monoisotopic (exact) mass is 184 g/mol. The molecule has 0 bridgehead atoms. The van der Waals surface area contributed by atoms with Gasteiger partial charge in [-0.25, -0.2) is 0 Å². The van der Waals surface area contributed by atoms with Crippen molar-refractivity contribution in [2.75, 3.05) is 19.6 Å². The van der Waals surface area contributed by atoms with E-state index in [1.54, 1.807) is 0 Å². The lowest BCUT2D eigenvalue weighted by Crippen LogP contribution is -2.44. The summed E-state index contributed by atoms with van der Waals surface area (Å²) in [4.78, 5) is 13.3. The summed E-state index contributed by atoms with van der Waals surface area (Å²) in [6, 6.07) is 0.630. The normalized spacial score (nSPS) is 19.1. The summed E-state index contributed by atoms with van der Waals surface area (Å²) in [5.74, 6) is 0.301. The Balaban J connectivity index is 2.26. The summed E-state index contributed by atoms with van der Waals surface area (Å²) < 4.78 is 0. The topological polar surface area (TPSA) is 32.3 Å². The summed E-state index contributed by atoms with van der Waals surface area (Å²) in [6.45, 7) is 6.96. The third-order valence-electron chi connectivity index (χ3n) is 2.64. The maximum Gasteiger partial charge on any atom is 0.222 e. The highest BCUT2D eigenvalue weighted by atomic mass is 16.2. The molecular formula is C10H20N2O. The van der Waals surface area contributed by atoms with Gasteiger partial charge in [0.15, 0.2) is 0 Å². The van der Waals surface area contributed by atoms with Crippen LogP contribution in [-0.4, -0.2) is 36.5 Å². The predicted octanol–water partition coefficient (Wildman–Crippen LogP) is 0.997. The quantitative estimate of drug-likeness (QED) is 0.709. The van der Waals surface area contributed by atoms with Crippen LogP contribution in [0.5, 0.6) is 0 Å². The van der Waals surface area contributed by atoms with E-state index in [4.69, 9.17) is 0 Å². The zero-order valence-electron chi connectivity index (χ0n) is 8.68. The maximum atomic E-state index is 11.3. The van der Waals surface area contributed by atoms with Gasteiger partial charge < -0.3 is 10.2 Å². The summed E-state index contributed by atoms with van der Waals surface area (Å²) in [6.07, 6.45) is 2.87. The average molecular weight is 184 g/mol. The van der Waals surface area contributed by atoms with Crippen LogP contribution < -0.4 is 5.32 Å². The van der Waals surface area contributed by atoms with Gasteiger partial charge >= 0.3 is 0 Å². The first-order valence-corrected chi connectivity index (χ1v) is 5.29. The lowest BCUT2D eigenvalue weighted by atomic mass is 10.0. The number of carbonyl (C=O) groups excluding carboxylic acids is 1. The van der Waals surface area contributed by atoms with Gasteiger partial charge in [-0.1, -0.05) is 13.8 Å². The molecule has 0 atom stereocenters. The second-order valence-electron chi connectivity index (χ2n) is 3.57. The number of amides is 1. The zero-order chi connectivity index (χ0) is 9.68. The van der Waals surface area contributed by atoms with Gasteiger partial charge in [0, 0.05) is 25.6 Å². The fourth-order valence-electron chi connectivity index (χ4n) is 1.85. The zero-order valence-corrected chi connectivity index (χ0v) is 8.68. The largest absolute Gasteiger partial charge is 0.343 e. The SMILES string of the molecule is CCNC1CCN(C(=O)CC)CC1. The molecule has 0 aromatic carbocycles. The third kappa shape index (κ3) is 2.99. The number of likely N-dealkylation sites (tertiary alicyclic amines) is 1. The molecule has 1 rings (SSSR count). The molecule has 0 aliphatic carbocycles. The van der Waals surface area contributed by atoms with Crippen LogP contribution in [0.3, 0.4) is 0 Å². The van der Waals surface area contributed by atoms with Gasteiger partial charge in [0.2, 0.25) is 5.91 Å². The van der Waals surface area contributed by atoms with Gasteiger partial charge in [-0.15, -0.1) is 0 Å². The van der Waals surface area contributed by atoms with E-state index in [1.807, 2.05) is 11.8 Å². The molecule has 1 saturated heterocycles. The van der Waals surface area contributed by atoms with Crippen molar-refractivity contribution in [3.8, 4) is 0 Å². The Morgan fingerprint density at radius 3 is 2.46 bits per heavy atom. The van der Waals surface area contributed by atoms with Crippen LogP contribution in [0.4, 0.5) is 0 Å². The van der Waals surface area contributed by atoms with Gasteiger partial charge in [0.25, 0.3) is 0 Å². The lowest BCUT2D eigenvalue weighted by Gasteiger charge is -2.32. The highest BCUT2D eigenvalue weighted by Crippen LogP contribution is 2.10. The Bertz CT molecular complexity index is 162. The first-order chi connectivity index (χ1) is 6.27. The van der Waals surface area contributed by atoms with E-state index in [2.05, 4.69) is 12.2 Å². The van der Waals surface area contributed by atoms with Crippen molar-refractivity contribution in [1.82, 2.24) is 10.2 Å². The van der Waals surface area contributed by atoms with Crippen LogP contribution in [0.1, 0.15) is 33.1 Å². The molecule has 0 radical (unpaired) electrons. The number of carbonyl (C=O) groups is 1. The minimum absolute atomic E-state index is 0.301. The molecule has 0 unspecified atom stereocenters. The molecule has 1 aliphatic rings. The van der Waals surface area contributed by atoms with E-state index in [-0.39, 0.29) is 0 Å². The molecule has 1 aliphatic heterocycles. The van der Waals surface area contributed by atoms with Crippen molar-refractivity contribution in [1.29, 1.82) is 0 Å². The summed E-state index contributed by atoms with van der Waals surface area (Å²) in [5.41, 5.74) is 0. The van der Waals surface area contributed by atoms with Crippen LogP contribution in [0, 0.1) is 0 Å². The van der Waals surface area contributed by atoms with E-state index in [9.17, 15) is 4.79 Å². The van der Waals surface area contributed by atoms with Crippen molar-refractivity contribution in [3.05, 3.63) is 0 Å². The molecule has 76 valence electrons. The van der Waals surface area contributed by atoms with Gasteiger partial charge in [0.05, 0.1) is 0 Å². The predicted molar refractivity (Wildman–Crippen MR) is 53.6 cm³/mol. The second-order valence-corrected chi connectivity index (χ2v) is 3.57. The summed E-state index contributed by atoms with van der Waals surface area (Å²) in [5, 5.41) is 3.42. The highest BCUT2D eigenvalue weighted by Gasteiger charge is 2.20. The van der Waals surface area contributed by atoms with Gasteiger partial charge in [-0.2, -0.15) is 0 Å². The Kier molecular flexibility index (Phi) is 4.22. The molecule has 0 spiro atoms. The van der Waals surface area contributed by atoms with Gasteiger partial charge in [0.1, 0.15) is 0 Å². The first kappa shape index (κ1) is 10.5. The van der Waals surface area contributed by atoms with E-state index < -0.39 is 0 Å². The number of rotatable bonds is 3. The van der Waals surface area contributed by atoms with E-state index >= 15 is 0 Å². The van der Waals surface area contributed by atoms with Crippen LogP contribution in [0.25, 0.3) is 0 Å². The van der Waals surface area contributed by atoms with E-state index in [0.29, 0.717) is 18.4 Å². The van der Waals surface area contributed by atoms with Crippen molar-refractivity contribution in [3.63, 3.8) is 0 Å². The second kappa shape index (κ2) is 5.22. The molecule has 0 aromatic heterocycles. The first-order valence-electron chi connectivity index (χ1n) is 5.29. The molecule has 1 fully saturated rings. The fraction of sp³-hybridized carbons (Fsp3) is 0.900. The summed E-state index contributed by atoms with van der Waals surface area (Å²) in [7, 11) is 0.